The Morgan fingerprint density at radius 2 is 2.09 bits per heavy atom. The first kappa shape index (κ1) is 17.2. The molecule has 0 saturated carbocycles. The lowest BCUT2D eigenvalue weighted by Crippen LogP contribution is -2.17. The maximum Gasteiger partial charge on any atom is 0.274 e. The summed E-state index contributed by atoms with van der Waals surface area (Å²) in [6.45, 7) is 4.75. The number of aryl methyl sites for hydroxylation is 1. The van der Waals surface area contributed by atoms with Crippen LogP contribution in [0.1, 0.15) is 21.7 Å². The number of hydrogen-bond acceptors (Lipinski definition) is 5. The Morgan fingerprint density at radius 1 is 1.30 bits per heavy atom. The number of ether oxygens (including phenoxy) is 1. The summed E-state index contributed by atoms with van der Waals surface area (Å²) in [7, 11) is 1.62. The Hall–Kier alpha value is -2.18. The zero-order valence-electron chi connectivity index (χ0n) is 13.3. The van der Waals surface area contributed by atoms with Crippen LogP contribution >= 0.6 is 11.6 Å². The largest absolute Gasteiger partial charge is 0.383 e. The molecule has 7 heteroatoms. The molecule has 0 fully saturated rings. The number of rotatable bonds is 6. The van der Waals surface area contributed by atoms with Crippen molar-refractivity contribution in [2.45, 2.75) is 13.8 Å². The summed E-state index contributed by atoms with van der Waals surface area (Å²) < 4.78 is 4.97. The number of methoxy groups -OCH3 is 1. The minimum atomic E-state index is -0.310. The van der Waals surface area contributed by atoms with Crippen molar-refractivity contribution in [2.75, 3.05) is 30.9 Å². The summed E-state index contributed by atoms with van der Waals surface area (Å²) >= 11 is 6.07. The van der Waals surface area contributed by atoms with Gasteiger partial charge in [0.05, 0.1) is 6.61 Å². The van der Waals surface area contributed by atoms with Crippen molar-refractivity contribution in [3.05, 3.63) is 46.2 Å². The van der Waals surface area contributed by atoms with E-state index >= 15 is 0 Å². The Morgan fingerprint density at radius 3 is 2.83 bits per heavy atom. The number of carbonyl (C=O) groups is 1. The molecule has 23 heavy (non-hydrogen) atoms. The molecule has 1 amide bonds. The van der Waals surface area contributed by atoms with Gasteiger partial charge in [0.15, 0.2) is 0 Å². The van der Waals surface area contributed by atoms with Gasteiger partial charge >= 0.3 is 0 Å². The third kappa shape index (κ3) is 4.64. The molecule has 1 aromatic heterocycles. The lowest BCUT2D eigenvalue weighted by atomic mass is 10.2. The number of nitrogens with one attached hydrogen (secondary N) is 2. The number of carbonyl (C=O) groups excluding carboxylic acids is 1. The van der Waals surface area contributed by atoms with Crippen molar-refractivity contribution in [1.29, 1.82) is 0 Å². The van der Waals surface area contributed by atoms with Gasteiger partial charge in [0.1, 0.15) is 5.69 Å². The van der Waals surface area contributed by atoms with Crippen molar-refractivity contribution in [1.82, 2.24) is 9.97 Å². The molecule has 2 rings (SSSR count). The third-order valence-corrected chi connectivity index (χ3v) is 3.60. The van der Waals surface area contributed by atoms with Gasteiger partial charge in [0, 0.05) is 30.1 Å². The van der Waals surface area contributed by atoms with Crippen LogP contribution in [0.2, 0.25) is 5.02 Å². The van der Waals surface area contributed by atoms with E-state index in [9.17, 15) is 4.79 Å². The van der Waals surface area contributed by atoms with Crippen LogP contribution in [-0.2, 0) is 4.74 Å². The molecule has 0 aliphatic carbocycles. The average Bonchev–Trinajstić information content (AvgIpc) is 2.51. The molecule has 2 aromatic rings. The lowest BCUT2D eigenvalue weighted by molar-refractivity contribution is 0.102. The van der Waals surface area contributed by atoms with Crippen LogP contribution in [0.5, 0.6) is 0 Å². The number of anilines is 2. The van der Waals surface area contributed by atoms with Crippen molar-refractivity contribution in [2.24, 2.45) is 0 Å². The summed E-state index contributed by atoms with van der Waals surface area (Å²) in [5.74, 6) is 0.0886. The van der Waals surface area contributed by atoms with E-state index in [1.54, 1.807) is 31.4 Å². The zero-order valence-corrected chi connectivity index (χ0v) is 14.1. The van der Waals surface area contributed by atoms with E-state index in [0.717, 1.165) is 5.56 Å². The van der Waals surface area contributed by atoms with Crippen LogP contribution in [0.4, 0.5) is 11.6 Å². The average molecular weight is 335 g/mol. The standard InChI is InChI=1S/C16H19ClN4O2/c1-10-9-14(21-16(19-10)18-7-8-23-3)15(22)20-13-6-4-5-12(17)11(13)2/h4-6,9H,7-8H2,1-3H3,(H,20,22)(H,18,19,21). The summed E-state index contributed by atoms with van der Waals surface area (Å²) in [4.78, 5) is 20.9. The fraction of sp³-hybridized carbons (Fsp3) is 0.312. The number of nitrogens with zero attached hydrogens (tertiary/aromatic N) is 2. The maximum atomic E-state index is 12.4. The van der Waals surface area contributed by atoms with Crippen molar-refractivity contribution in [3.8, 4) is 0 Å². The van der Waals surface area contributed by atoms with Gasteiger partial charge < -0.3 is 15.4 Å². The normalized spacial score (nSPS) is 10.4. The highest BCUT2D eigenvalue weighted by molar-refractivity contribution is 6.31. The molecule has 0 unspecified atom stereocenters. The molecule has 2 N–H and O–H groups in total. The van der Waals surface area contributed by atoms with E-state index in [0.29, 0.717) is 35.5 Å². The van der Waals surface area contributed by atoms with E-state index in [-0.39, 0.29) is 11.6 Å². The molecule has 1 aromatic carbocycles. The SMILES string of the molecule is COCCNc1nc(C)cc(C(=O)Nc2cccc(Cl)c2C)n1. The first-order valence-corrected chi connectivity index (χ1v) is 7.54. The van der Waals surface area contributed by atoms with E-state index < -0.39 is 0 Å². The molecular formula is C16H19ClN4O2. The third-order valence-electron chi connectivity index (χ3n) is 3.19. The van der Waals surface area contributed by atoms with Gasteiger partial charge in [0.2, 0.25) is 5.95 Å². The van der Waals surface area contributed by atoms with Crippen LogP contribution in [0.25, 0.3) is 0 Å². The highest BCUT2D eigenvalue weighted by Gasteiger charge is 2.12. The molecule has 1 heterocycles. The summed E-state index contributed by atoms with van der Waals surface area (Å²) in [6.07, 6.45) is 0. The molecule has 0 atom stereocenters. The van der Waals surface area contributed by atoms with Gasteiger partial charge in [0.25, 0.3) is 5.91 Å². The molecular weight excluding hydrogens is 316 g/mol. The van der Waals surface area contributed by atoms with E-state index in [1.807, 2.05) is 13.8 Å². The molecule has 0 spiro atoms. The van der Waals surface area contributed by atoms with Gasteiger partial charge in [-0.05, 0) is 37.6 Å². The molecule has 0 aliphatic heterocycles. The van der Waals surface area contributed by atoms with Crippen LogP contribution in [0.15, 0.2) is 24.3 Å². The zero-order chi connectivity index (χ0) is 16.8. The predicted octanol–water partition coefficient (Wildman–Crippen LogP) is 3.06. The van der Waals surface area contributed by atoms with E-state index in [4.69, 9.17) is 16.3 Å². The van der Waals surface area contributed by atoms with Crippen LogP contribution in [0.3, 0.4) is 0 Å². The summed E-state index contributed by atoms with van der Waals surface area (Å²) in [5, 5.41) is 6.44. The number of aromatic nitrogens is 2. The molecule has 122 valence electrons. The minimum Gasteiger partial charge on any atom is -0.383 e. The van der Waals surface area contributed by atoms with Crippen LogP contribution < -0.4 is 10.6 Å². The lowest BCUT2D eigenvalue weighted by Gasteiger charge is -2.11. The van der Waals surface area contributed by atoms with Crippen molar-refractivity contribution in [3.63, 3.8) is 0 Å². The second-order valence-corrected chi connectivity index (χ2v) is 5.41. The molecule has 0 radical (unpaired) electrons. The maximum absolute atomic E-state index is 12.4. The smallest absolute Gasteiger partial charge is 0.274 e. The Labute approximate surface area is 140 Å². The quantitative estimate of drug-likeness (QED) is 0.794. The van der Waals surface area contributed by atoms with Crippen molar-refractivity contribution >= 4 is 29.1 Å². The fourth-order valence-corrected chi connectivity index (χ4v) is 2.13. The molecule has 6 nitrogen and oxygen atoms in total. The highest BCUT2D eigenvalue weighted by Crippen LogP contribution is 2.23. The Kier molecular flexibility index (Phi) is 5.90. The van der Waals surface area contributed by atoms with Gasteiger partial charge in [-0.25, -0.2) is 9.97 Å². The second-order valence-electron chi connectivity index (χ2n) is 5.00. The Balaban J connectivity index is 2.17. The van der Waals surface area contributed by atoms with Gasteiger partial charge in [-0.15, -0.1) is 0 Å². The topological polar surface area (TPSA) is 76.1 Å². The van der Waals surface area contributed by atoms with Gasteiger partial charge in [-0.1, -0.05) is 17.7 Å². The number of hydrogen-bond donors (Lipinski definition) is 2. The van der Waals surface area contributed by atoms with E-state index in [1.165, 1.54) is 0 Å². The monoisotopic (exact) mass is 334 g/mol. The van der Waals surface area contributed by atoms with Crippen molar-refractivity contribution < 1.29 is 9.53 Å². The first-order valence-electron chi connectivity index (χ1n) is 7.16. The predicted molar refractivity (Wildman–Crippen MR) is 91.3 cm³/mol. The number of benzene rings is 1. The van der Waals surface area contributed by atoms with Gasteiger partial charge in [-0.3, -0.25) is 4.79 Å². The van der Waals surface area contributed by atoms with Gasteiger partial charge in [-0.2, -0.15) is 0 Å². The van der Waals surface area contributed by atoms with Crippen LogP contribution in [0, 0.1) is 13.8 Å². The summed E-state index contributed by atoms with van der Waals surface area (Å²) in [6, 6.07) is 6.99. The first-order chi connectivity index (χ1) is 11.0. The molecule has 0 bridgehead atoms. The number of amides is 1. The molecule has 0 saturated heterocycles. The highest BCUT2D eigenvalue weighted by atomic mass is 35.5. The fourth-order valence-electron chi connectivity index (χ4n) is 1.96. The minimum absolute atomic E-state index is 0.289. The number of halogens is 1. The summed E-state index contributed by atoms with van der Waals surface area (Å²) in [5.41, 5.74) is 2.46. The van der Waals surface area contributed by atoms with Crippen LogP contribution in [-0.4, -0.2) is 36.1 Å². The molecule has 0 aliphatic rings. The second kappa shape index (κ2) is 7.89. The van der Waals surface area contributed by atoms with E-state index in [2.05, 4.69) is 20.6 Å². The Bertz CT molecular complexity index is 706.